The van der Waals surface area contributed by atoms with E-state index in [0.717, 1.165) is 24.5 Å². The molecule has 0 aliphatic rings. The highest BCUT2D eigenvalue weighted by atomic mass is 16.5. The Labute approximate surface area is 261 Å². The summed E-state index contributed by atoms with van der Waals surface area (Å²) in [6, 6.07) is 17.6. The Kier molecular flexibility index (Phi) is 14.2. The van der Waals surface area contributed by atoms with E-state index in [1.54, 1.807) is 43.3 Å². The Morgan fingerprint density at radius 2 is 1.27 bits per heavy atom. The molecule has 3 aromatic rings. The zero-order chi connectivity index (χ0) is 31.7. The van der Waals surface area contributed by atoms with Gasteiger partial charge in [-0.05, 0) is 105 Å². The lowest BCUT2D eigenvalue weighted by Crippen LogP contribution is -2.12. The van der Waals surface area contributed by atoms with E-state index in [4.69, 9.17) is 18.9 Å². The van der Waals surface area contributed by atoms with Crippen LogP contribution in [0.4, 0.5) is 0 Å². The Morgan fingerprint density at radius 1 is 0.682 bits per heavy atom. The molecule has 0 amide bonds. The summed E-state index contributed by atoms with van der Waals surface area (Å²) in [5.41, 5.74) is 3.42. The molecule has 0 N–H and O–H groups in total. The molecule has 7 nitrogen and oxygen atoms in total. The number of hydrogen-bond donors (Lipinski definition) is 0. The van der Waals surface area contributed by atoms with Crippen molar-refractivity contribution < 1.29 is 33.3 Å². The number of hydrogen-bond acceptors (Lipinski definition) is 7. The van der Waals surface area contributed by atoms with Gasteiger partial charge in [0.15, 0.2) is 0 Å². The second-order valence-electron chi connectivity index (χ2n) is 10.8. The number of carbonyl (C=O) groups excluding carboxylic acids is 3. The van der Waals surface area contributed by atoms with Crippen molar-refractivity contribution in [2.75, 3.05) is 13.2 Å². The molecule has 0 unspecified atom stereocenters. The molecule has 0 aliphatic heterocycles. The van der Waals surface area contributed by atoms with Crippen molar-refractivity contribution in [3.05, 3.63) is 101 Å². The zero-order valence-electron chi connectivity index (χ0n) is 26.2. The first-order chi connectivity index (χ1) is 21.3. The predicted octanol–water partition coefficient (Wildman–Crippen LogP) is 8.53. The fraction of sp³-hybridized carbons (Fsp3) is 0.378. The van der Waals surface area contributed by atoms with Crippen LogP contribution in [0.15, 0.2) is 73.3 Å². The number of rotatable bonds is 18. The highest BCUT2D eigenvalue weighted by molar-refractivity contribution is 5.93. The molecule has 0 spiro atoms. The molecule has 3 rings (SSSR count). The first kappa shape index (κ1) is 34.1. The van der Waals surface area contributed by atoms with Gasteiger partial charge in [-0.3, -0.25) is 0 Å². The molecule has 0 aliphatic carbocycles. The van der Waals surface area contributed by atoms with Gasteiger partial charge in [0.2, 0.25) is 0 Å². The number of ether oxygens (including phenoxy) is 4. The first-order valence-corrected chi connectivity index (χ1v) is 15.5. The van der Waals surface area contributed by atoms with Gasteiger partial charge >= 0.3 is 17.9 Å². The summed E-state index contributed by atoms with van der Waals surface area (Å²) in [6.45, 7) is 9.98. The minimum atomic E-state index is -0.511. The highest BCUT2D eigenvalue weighted by Crippen LogP contribution is 2.24. The normalized spacial score (nSPS) is 10.6. The maximum atomic E-state index is 12.9. The fourth-order valence-corrected chi connectivity index (χ4v) is 4.61. The van der Waals surface area contributed by atoms with Crippen LogP contribution in [-0.4, -0.2) is 31.1 Å². The van der Waals surface area contributed by atoms with Crippen molar-refractivity contribution in [3.63, 3.8) is 0 Å². The van der Waals surface area contributed by atoms with Crippen molar-refractivity contribution >= 4 is 17.9 Å². The van der Waals surface area contributed by atoms with E-state index in [2.05, 4.69) is 13.5 Å². The Bertz CT molecular complexity index is 1390. The van der Waals surface area contributed by atoms with E-state index < -0.39 is 17.9 Å². The second-order valence-corrected chi connectivity index (χ2v) is 10.8. The fourth-order valence-electron chi connectivity index (χ4n) is 4.61. The molecule has 0 saturated heterocycles. The molecular weight excluding hydrogens is 556 g/mol. The molecule has 7 heteroatoms. The number of carbonyl (C=O) groups is 3. The Morgan fingerprint density at radius 3 is 1.91 bits per heavy atom. The number of aryl methyl sites for hydroxylation is 3. The van der Waals surface area contributed by atoms with Gasteiger partial charge in [-0.15, -0.1) is 0 Å². The summed E-state index contributed by atoms with van der Waals surface area (Å²) in [4.78, 5) is 36.7. The third kappa shape index (κ3) is 11.4. The third-order valence-corrected chi connectivity index (χ3v) is 7.18. The summed E-state index contributed by atoms with van der Waals surface area (Å²) in [6.07, 6.45) is 11.1. The van der Waals surface area contributed by atoms with E-state index in [0.29, 0.717) is 60.0 Å². The van der Waals surface area contributed by atoms with E-state index >= 15 is 0 Å². The van der Waals surface area contributed by atoms with Gasteiger partial charge in [-0.25, -0.2) is 14.4 Å². The van der Waals surface area contributed by atoms with Gasteiger partial charge in [0.25, 0.3) is 0 Å². The van der Waals surface area contributed by atoms with Gasteiger partial charge in [0.05, 0.1) is 24.3 Å². The molecule has 3 aromatic carbocycles. The minimum Gasteiger partial charge on any atom is -0.493 e. The van der Waals surface area contributed by atoms with Crippen molar-refractivity contribution in [2.24, 2.45) is 0 Å². The summed E-state index contributed by atoms with van der Waals surface area (Å²) < 4.78 is 21.9. The van der Waals surface area contributed by atoms with Crippen molar-refractivity contribution in [2.45, 2.75) is 78.6 Å². The van der Waals surface area contributed by atoms with Crippen LogP contribution in [0.2, 0.25) is 0 Å². The molecular formula is C37H44O7. The summed E-state index contributed by atoms with van der Waals surface area (Å²) in [5, 5.41) is 0. The molecule has 0 saturated carbocycles. The maximum absolute atomic E-state index is 12.9. The van der Waals surface area contributed by atoms with Crippen molar-refractivity contribution in [1.29, 1.82) is 0 Å². The number of unbranched alkanes of at least 4 members (excludes halogenated alkanes) is 6. The highest BCUT2D eigenvalue weighted by Gasteiger charge is 2.15. The van der Waals surface area contributed by atoms with Crippen LogP contribution < -0.4 is 14.2 Å². The lowest BCUT2D eigenvalue weighted by Gasteiger charge is -2.12. The number of esters is 3. The second kappa shape index (κ2) is 18.3. The van der Waals surface area contributed by atoms with Gasteiger partial charge in [-0.2, -0.15) is 0 Å². The molecule has 0 radical (unpaired) electrons. The van der Waals surface area contributed by atoms with Crippen molar-refractivity contribution in [3.8, 4) is 17.2 Å². The molecule has 0 fully saturated rings. The topological polar surface area (TPSA) is 88.1 Å². The average Bonchev–Trinajstić information content (AvgIpc) is 3.02. The zero-order valence-corrected chi connectivity index (χ0v) is 26.2. The van der Waals surface area contributed by atoms with Gasteiger partial charge in [0.1, 0.15) is 17.2 Å². The molecule has 0 aromatic heterocycles. The van der Waals surface area contributed by atoms with Crippen LogP contribution in [0.1, 0.15) is 95.7 Å². The van der Waals surface area contributed by atoms with E-state index in [-0.39, 0.29) is 0 Å². The Balaban J connectivity index is 1.47. The van der Waals surface area contributed by atoms with Crippen LogP contribution in [0, 0.1) is 13.8 Å². The summed E-state index contributed by atoms with van der Waals surface area (Å²) >= 11 is 0. The predicted molar refractivity (Wildman–Crippen MR) is 172 cm³/mol. The van der Waals surface area contributed by atoms with Crippen LogP contribution in [0.5, 0.6) is 17.2 Å². The van der Waals surface area contributed by atoms with Crippen LogP contribution in [0.25, 0.3) is 0 Å². The lowest BCUT2D eigenvalue weighted by atomic mass is 10.0. The van der Waals surface area contributed by atoms with E-state index in [1.807, 2.05) is 31.2 Å². The standard InChI is InChI=1S/C37H44O7/c1-5-7-8-9-10-11-14-29-15-19-32(20-16-29)43-36(39)30-18-22-34(28(4)26-30)44-37(40)31-17-21-33(27(3)25-31)41-23-12-13-24-42-35(38)6-2/h6,15-22,25-26H,2,5,7-14,23-24H2,1,3-4H3. The van der Waals surface area contributed by atoms with Crippen LogP contribution >= 0.6 is 0 Å². The van der Waals surface area contributed by atoms with E-state index in [1.165, 1.54) is 37.7 Å². The summed E-state index contributed by atoms with van der Waals surface area (Å²) in [5.74, 6) is 0.0957. The monoisotopic (exact) mass is 600 g/mol. The van der Waals surface area contributed by atoms with Gasteiger partial charge in [-0.1, -0.05) is 57.7 Å². The average molecular weight is 601 g/mol. The lowest BCUT2D eigenvalue weighted by molar-refractivity contribution is -0.137. The van der Waals surface area contributed by atoms with Crippen molar-refractivity contribution in [1.82, 2.24) is 0 Å². The van der Waals surface area contributed by atoms with Crippen LogP contribution in [0.3, 0.4) is 0 Å². The van der Waals surface area contributed by atoms with Gasteiger partial charge in [0, 0.05) is 6.08 Å². The molecule has 0 heterocycles. The van der Waals surface area contributed by atoms with Gasteiger partial charge < -0.3 is 18.9 Å². The summed E-state index contributed by atoms with van der Waals surface area (Å²) in [7, 11) is 0. The smallest absolute Gasteiger partial charge is 0.343 e. The largest absolute Gasteiger partial charge is 0.493 e. The molecule has 234 valence electrons. The van der Waals surface area contributed by atoms with Crippen LogP contribution in [-0.2, 0) is 16.0 Å². The molecule has 0 bridgehead atoms. The minimum absolute atomic E-state index is 0.312. The number of benzene rings is 3. The maximum Gasteiger partial charge on any atom is 0.343 e. The quantitative estimate of drug-likeness (QED) is 0.0626. The molecule has 0 atom stereocenters. The SMILES string of the molecule is C=CC(=O)OCCCCOc1ccc(C(=O)Oc2ccc(C(=O)Oc3ccc(CCCCCCCC)cc3)cc2C)cc1C. The molecule has 44 heavy (non-hydrogen) atoms. The third-order valence-electron chi connectivity index (χ3n) is 7.18. The Hall–Kier alpha value is -4.39. The first-order valence-electron chi connectivity index (χ1n) is 15.5. The van der Waals surface area contributed by atoms with E-state index in [9.17, 15) is 14.4 Å².